The van der Waals surface area contributed by atoms with Crippen LogP contribution < -0.4 is 10.0 Å². The minimum atomic E-state index is -3.47. The van der Waals surface area contributed by atoms with Gasteiger partial charge in [0.2, 0.25) is 15.9 Å². The number of hydrogen-bond donors (Lipinski definition) is 4. The van der Waals surface area contributed by atoms with E-state index in [2.05, 4.69) is 10.0 Å². The Bertz CT molecular complexity index is 361. The van der Waals surface area contributed by atoms with Crippen LogP contribution in [0, 0.1) is 0 Å². The number of carbonyl (C=O) groups is 1. The quantitative estimate of drug-likeness (QED) is 0.391. The molecule has 0 heterocycles. The fraction of sp³-hybridized carbons (Fsp3) is 0.900. The van der Waals surface area contributed by atoms with E-state index in [1.165, 1.54) is 18.7 Å². The summed E-state index contributed by atoms with van der Waals surface area (Å²) in [6.45, 7) is 0.913. The minimum absolute atomic E-state index is 0.102. The van der Waals surface area contributed by atoms with Crippen LogP contribution in [0.4, 0.5) is 0 Å². The first-order chi connectivity index (χ1) is 8.86. The molecular formula is C10H22N2O5S2. The van der Waals surface area contributed by atoms with Crippen LogP contribution in [0.1, 0.15) is 13.3 Å². The molecule has 1 amide bonds. The highest BCUT2D eigenvalue weighted by atomic mass is 32.2. The first-order valence-corrected chi connectivity index (χ1v) is 8.96. The van der Waals surface area contributed by atoms with Gasteiger partial charge in [0.15, 0.2) is 0 Å². The molecule has 0 aromatic heterocycles. The number of nitrogens with one attached hydrogen (secondary N) is 2. The number of aliphatic hydroxyl groups excluding tert-OH is 2. The molecule has 0 saturated heterocycles. The van der Waals surface area contributed by atoms with E-state index in [0.29, 0.717) is 12.2 Å². The Hall–Kier alpha value is -0.350. The van der Waals surface area contributed by atoms with Crippen molar-refractivity contribution < 1.29 is 23.4 Å². The van der Waals surface area contributed by atoms with E-state index in [1.54, 1.807) is 0 Å². The minimum Gasteiger partial charge on any atom is -0.394 e. The molecule has 7 nitrogen and oxygen atoms in total. The monoisotopic (exact) mass is 314 g/mol. The number of aliphatic hydroxyl groups is 2. The number of carbonyl (C=O) groups excluding carboxylic acids is 1. The third kappa shape index (κ3) is 8.43. The number of thioether (sulfide) groups is 1. The Labute approximate surface area is 118 Å². The van der Waals surface area contributed by atoms with Crippen LogP contribution in [0.2, 0.25) is 0 Å². The van der Waals surface area contributed by atoms with Crippen LogP contribution in [-0.4, -0.2) is 67.6 Å². The van der Waals surface area contributed by atoms with Crippen molar-refractivity contribution in [2.24, 2.45) is 0 Å². The maximum absolute atomic E-state index is 11.8. The average molecular weight is 314 g/mol. The SMILES string of the molecule is CCS(=O)(=O)NC(CCSC)C(=O)NCC(O)CO. The molecule has 0 rings (SSSR count). The van der Waals surface area contributed by atoms with E-state index in [4.69, 9.17) is 10.2 Å². The van der Waals surface area contributed by atoms with Gasteiger partial charge in [-0.25, -0.2) is 13.1 Å². The van der Waals surface area contributed by atoms with Gasteiger partial charge in [-0.05, 0) is 25.4 Å². The van der Waals surface area contributed by atoms with Gasteiger partial charge in [-0.1, -0.05) is 0 Å². The zero-order valence-electron chi connectivity index (χ0n) is 11.1. The van der Waals surface area contributed by atoms with Crippen molar-refractivity contribution in [2.45, 2.75) is 25.5 Å². The van der Waals surface area contributed by atoms with Crippen LogP contribution >= 0.6 is 11.8 Å². The van der Waals surface area contributed by atoms with Gasteiger partial charge in [-0.3, -0.25) is 4.79 Å². The molecule has 0 aliphatic carbocycles. The van der Waals surface area contributed by atoms with Crippen LogP contribution in [0.5, 0.6) is 0 Å². The van der Waals surface area contributed by atoms with Crippen molar-refractivity contribution in [3.05, 3.63) is 0 Å². The highest BCUT2D eigenvalue weighted by molar-refractivity contribution is 7.98. The van der Waals surface area contributed by atoms with Crippen molar-refractivity contribution in [2.75, 3.05) is 30.9 Å². The summed E-state index contributed by atoms with van der Waals surface area (Å²) in [7, 11) is -3.47. The van der Waals surface area contributed by atoms with E-state index in [1.807, 2.05) is 6.26 Å². The fourth-order valence-electron chi connectivity index (χ4n) is 1.19. The summed E-state index contributed by atoms with van der Waals surface area (Å²) in [5.74, 6) is 0.0286. The van der Waals surface area contributed by atoms with Gasteiger partial charge in [0, 0.05) is 6.54 Å². The van der Waals surface area contributed by atoms with E-state index in [-0.39, 0.29) is 12.3 Å². The summed E-state index contributed by atoms with van der Waals surface area (Å²) >= 11 is 1.51. The molecule has 9 heteroatoms. The summed E-state index contributed by atoms with van der Waals surface area (Å²) in [4.78, 5) is 11.8. The van der Waals surface area contributed by atoms with Crippen molar-refractivity contribution in [3.63, 3.8) is 0 Å². The first kappa shape index (κ1) is 18.7. The lowest BCUT2D eigenvalue weighted by Crippen LogP contribution is -2.49. The largest absolute Gasteiger partial charge is 0.394 e. The second-order valence-electron chi connectivity index (χ2n) is 3.94. The Kier molecular flexibility index (Phi) is 9.36. The van der Waals surface area contributed by atoms with Gasteiger partial charge in [-0.15, -0.1) is 0 Å². The van der Waals surface area contributed by atoms with Crippen molar-refractivity contribution in [3.8, 4) is 0 Å². The third-order valence-corrected chi connectivity index (χ3v) is 4.40. The second kappa shape index (κ2) is 9.54. The zero-order valence-corrected chi connectivity index (χ0v) is 12.8. The molecular weight excluding hydrogens is 292 g/mol. The van der Waals surface area contributed by atoms with E-state index in [0.717, 1.165) is 0 Å². The standard InChI is InChI=1S/C10H22N2O5S2/c1-3-19(16,17)12-9(4-5-18-2)10(15)11-6-8(14)7-13/h8-9,12-14H,3-7H2,1-2H3,(H,11,15). The van der Waals surface area contributed by atoms with Crippen molar-refractivity contribution in [1.29, 1.82) is 0 Å². The van der Waals surface area contributed by atoms with Crippen molar-refractivity contribution in [1.82, 2.24) is 10.0 Å². The lowest BCUT2D eigenvalue weighted by molar-refractivity contribution is -0.123. The third-order valence-electron chi connectivity index (χ3n) is 2.35. The van der Waals surface area contributed by atoms with E-state index < -0.39 is 34.7 Å². The molecule has 2 unspecified atom stereocenters. The van der Waals surface area contributed by atoms with Crippen LogP contribution in [0.25, 0.3) is 0 Å². The number of sulfonamides is 1. The zero-order chi connectivity index (χ0) is 14.9. The molecule has 0 aromatic rings. The Morgan fingerprint density at radius 1 is 1.42 bits per heavy atom. The molecule has 0 aliphatic heterocycles. The van der Waals surface area contributed by atoms with Gasteiger partial charge in [0.25, 0.3) is 0 Å². The molecule has 0 bridgehead atoms. The second-order valence-corrected chi connectivity index (χ2v) is 6.97. The van der Waals surface area contributed by atoms with Gasteiger partial charge < -0.3 is 15.5 Å². The predicted octanol–water partition coefficient (Wildman–Crippen LogP) is -1.48. The highest BCUT2D eigenvalue weighted by Crippen LogP contribution is 2.03. The molecule has 114 valence electrons. The molecule has 0 saturated carbocycles. The summed E-state index contributed by atoms with van der Waals surface area (Å²) in [6, 6.07) is -0.858. The molecule has 0 aliphatic rings. The van der Waals surface area contributed by atoms with Crippen LogP contribution in [-0.2, 0) is 14.8 Å². The van der Waals surface area contributed by atoms with E-state index in [9.17, 15) is 13.2 Å². The topological polar surface area (TPSA) is 116 Å². The van der Waals surface area contributed by atoms with Crippen molar-refractivity contribution >= 4 is 27.7 Å². The first-order valence-electron chi connectivity index (χ1n) is 5.91. The molecule has 0 fully saturated rings. The summed E-state index contributed by atoms with van der Waals surface area (Å²) in [5, 5.41) is 20.2. The van der Waals surface area contributed by atoms with Gasteiger partial charge in [0.1, 0.15) is 6.04 Å². The Balaban J connectivity index is 4.51. The summed E-state index contributed by atoms with van der Waals surface area (Å²) in [5.41, 5.74) is 0. The summed E-state index contributed by atoms with van der Waals surface area (Å²) in [6.07, 6.45) is 1.17. The van der Waals surface area contributed by atoms with Gasteiger partial charge in [-0.2, -0.15) is 11.8 Å². The molecule has 0 aromatic carbocycles. The molecule has 0 radical (unpaired) electrons. The van der Waals surface area contributed by atoms with E-state index >= 15 is 0 Å². The van der Waals surface area contributed by atoms with Gasteiger partial charge >= 0.3 is 0 Å². The maximum Gasteiger partial charge on any atom is 0.238 e. The molecule has 2 atom stereocenters. The number of amides is 1. The smallest absolute Gasteiger partial charge is 0.238 e. The Morgan fingerprint density at radius 3 is 2.53 bits per heavy atom. The Morgan fingerprint density at radius 2 is 2.05 bits per heavy atom. The molecule has 4 N–H and O–H groups in total. The number of rotatable bonds is 10. The average Bonchev–Trinajstić information content (AvgIpc) is 2.40. The lowest BCUT2D eigenvalue weighted by Gasteiger charge is -2.18. The fourth-order valence-corrected chi connectivity index (χ4v) is 2.48. The highest BCUT2D eigenvalue weighted by Gasteiger charge is 2.23. The number of hydrogen-bond acceptors (Lipinski definition) is 6. The maximum atomic E-state index is 11.8. The van der Waals surface area contributed by atoms with Crippen LogP contribution in [0.3, 0.4) is 0 Å². The predicted molar refractivity (Wildman–Crippen MR) is 75.5 cm³/mol. The van der Waals surface area contributed by atoms with Crippen LogP contribution in [0.15, 0.2) is 0 Å². The summed E-state index contributed by atoms with van der Waals surface area (Å²) < 4.78 is 25.3. The van der Waals surface area contributed by atoms with Gasteiger partial charge in [0.05, 0.1) is 18.5 Å². The molecule has 0 spiro atoms. The molecule has 19 heavy (non-hydrogen) atoms. The normalized spacial score (nSPS) is 14.9. The lowest BCUT2D eigenvalue weighted by atomic mass is 10.2.